The van der Waals surface area contributed by atoms with E-state index in [0.29, 0.717) is 61.0 Å². The molecule has 4 heterocycles. The summed E-state index contributed by atoms with van der Waals surface area (Å²) in [5, 5.41) is 12.7. The van der Waals surface area contributed by atoms with Gasteiger partial charge in [0.25, 0.3) is 5.91 Å². The molecule has 1 aromatic heterocycles. The number of aliphatic carboxylic acids is 1. The zero-order valence-corrected chi connectivity index (χ0v) is 23.3. The lowest BCUT2D eigenvalue weighted by Crippen LogP contribution is -2.37. The number of nitrogens with zero attached hydrogens (tertiary/aromatic N) is 2. The summed E-state index contributed by atoms with van der Waals surface area (Å²) >= 11 is 6.79. The molecule has 3 aliphatic rings. The minimum absolute atomic E-state index is 0.120. The molecule has 6 rings (SSSR count). The minimum Gasteiger partial charge on any atom is -0.492 e. The Morgan fingerprint density at radius 3 is 2.93 bits per heavy atom. The zero-order chi connectivity index (χ0) is 28.5. The number of carbonyl (C=O) groups excluding carboxylic acids is 1. The first-order chi connectivity index (χ1) is 19.9. The van der Waals surface area contributed by atoms with Crippen LogP contribution >= 0.6 is 11.6 Å². The number of fused-ring (bicyclic) bond motifs is 4. The number of nitrogens with one attached hydrogen (secondary N) is 1. The Bertz CT molecular complexity index is 1530. The molecule has 3 aliphatic heterocycles. The number of rotatable bonds is 7. The van der Waals surface area contributed by atoms with E-state index < -0.39 is 5.97 Å². The van der Waals surface area contributed by atoms with Crippen molar-refractivity contribution < 1.29 is 28.9 Å². The van der Waals surface area contributed by atoms with Crippen LogP contribution in [0.2, 0.25) is 5.02 Å². The van der Waals surface area contributed by atoms with Crippen LogP contribution in [0.3, 0.4) is 0 Å². The van der Waals surface area contributed by atoms with E-state index >= 15 is 0 Å². The van der Waals surface area contributed by atoms with Crippen molar-refractivity contribution in [3.63, 3.8) is 0 Å². The molecule has 0 unspecified atom stereocenters. The highest BCUT2D eigenvalue weighted by molar-refractivity contribution is 6.34. The average molecular weight is 576 g/mol. The number of hydrogen-bond acceptors (Lipinski definition) is 7. The van der Waals surface area contributed by atoms with Gasteiger partial charge in [0.15, 0.2) is 0 Å². The van der Waals surface area contributed by atoms with Gasteiger partial charge in [-0.1, -0.05) is 41.9 Å². The van der Waals surface area contributed by atoms with Gasteiger partial charge in [-0.2, -0.15) is 0 Å². The topological polar surface area (TPSA) is 110 Å². The number of pyridine rings is 1. The fourth-order valence-corrected chi connectivity index (χ4v) is 5.95. The van der Waals surface area contributed by atoms with Gasteiger partial charge in [-0.25, -0.2) is 9.78 Å². The van der Waals surface area contributed by atoms with E-state index in [1.54, 1.807) is 4.90 Å². The molecular weight excluding hydrogens is 546 g/mol. The maximum absolute atomic E-state index is 13.8. The van der Waals surface area contributed by atoms with Gasteiger partial charge in [0.2, 0.25) is 5.88 Å². The first-order valence-corrected chi connectivity index (χ1v) is 14.0. The second-order valence-corrected chi connectivity index (χ2v) is 10.8. The van der Waals surface area contributed by atoms with E-state index in [4.69, 9.17) is 30.9 Å². The molecule has 2 aromatic carbocycles. The number of anilines is 1. The third-order valence-electron chi connectivity index (χ3n) is 7.68. The van der Waals surface area contributed by atoms with E-state index in [2.05, 4.69) is 10.3 Å². The van der Waals surface area contributed by atoms with E-state index in [-0.39, 0.29) is 29.0 Å². The lowest BCUT2D eigenvalue weighted by atomic mass is 9.96. The molecule has 2 N–H and O–H groups in total. The predicted octanol–water partition coefficient (Wildman–Crippen LogP) is 5.13. The summed E-state index contributed by atoms with van der Waals surface area (Å²) < 4.78 is 18.4. The molecule has 3 aromatic rings. The summed E-state index contributed by atoms with van der Waals surface area (Å²) in [7, 11) is 0. The normalized spacial score (nSPS) is 19.5. The SMILES string of the molecule is Cc1cc2c(c3c1CCCO3)C(=O)N1C[C@@H](Oc3ncc(/C=C/C(=O)O)c(NCc4ccccc4)c3Cl)C[C@@H]1CO2. The molecule has 0 aliphatic carbocycles. The van der Waals surface area contributed by atoms with Crippen LogP contribution in [0.1, 0.15) is 45.5 Å². The second-order valence-electron chi connectivity index (χ2n) is 10.4. The molecule has 1 fully saturated rings. The maximum Gasteiger partial charge on any atom is 0.328 e. The molecule has 9 nitrogen and oxygen atoms in total. The third-order valence-corrected chi connectivity index (χ3v) is 8.03. The lowest BCUT2D eigenvalue weighted by Gasteiger charge is -2.25. The smallest absolute Gasteiger partial charge is 0.328 e. The lowest BCUT2D eigenvalue weighted by molar-refractivity contribution is -0.131. The number of halogens is 1. The number of benzene rings is 2. The van der Waals surface area contributed by atoms with Crippen LogP contribution in [0.15, 0.2) is 48.7 Å². The quantitative estimate of drug-likeness (QED) is 0.373. The van der Waals surface area contributed by atoms with E-state index in [1.165, 1.54) is 12.3 Å². The molecule has 10 heteroatoms. The van der Waals surface area contributed by atoms with Crippen LogP contribution in [0.25, 0.3) is 6.08 Å². The number of aromatic nitrogens is 1. The standard InChI is InChI=1S/C31H30ClN3O6/c1-18-12-24-26(29-23(18)8-5-11-39-29)31(38)35-16-22(13-21(35)17-40-24)41-30-27(32)28(20(15-34-30)9-10-25(36)37)33-14-19-6-3-2-4-7-19/h2-4,6-7,9-10,12,15,21-22H,5,8,11,13-14,16-17H2,1H3,(H,33,34)(H,36,37)/b10-9+/t21-,22+/m1/s1. The fourth-order valence-electron chi connectivity index (χ4n) is 5.68. The Hall–Kier alpha value is -4.24. The van der Waals surface area contributed by atoms with Gasteiger partial charge in [0, 0.05) is 30.8 Å². The average Bonchev–Trinajstić information content (AvgIpc) is 3.33. The highest BCUT2D eigenvalue weighted by Gasteiger charge is 2.42. The first-order valence-electron chi connectivity index (χ1n) is 13.7. The monoisotopic (exact) mass is 575 g/mol. The van der Waals surface area contributed by atoms with Gasteiger partial charge in [0.1, 0.15) is 34.8 Å². The highest BCUT2D eigenvalue weighted by atomic mass is 35.5. The van der Waals surface area contributed by atoms with Crippen LogP contribution in [-0.2, 0) is 17.8 Å². The largest absolute Gasteiger partial charge is 0.492 e. The number of carbonyl (C=O) groups is 2. The van der Waals surface area contributed by atoms with Crippen LogP contribution < -0.4 is 19.5 Å². The van der Waals surface area contributed by atoms with Crippen LogP contribution in [0, 0.1) is 6.92 Å². The molecule has 0 bridgehead atoms. The number of carboxylic acids is 1. The predicted molar refractivity (Wildman–Crippen MR) is 154 cm³/mol. The maximum atomic E-state index is 13.8. The van der Waals surface area contributed by atoms with Crippen molar-refractivity contribution in [3.05, 3.63) is 81.5 Å². The first kappa shape index (κ1) is 27.0. The van der Waals surface area contributed by atoms with Crippen LogP contribution in [0.5, 0.6) is 17.4 Å². The molecule has 41 heavy (non-hydrogen) atoms. The Kier molecular flexibility index (Phi) is 7.45. The molecule has 1 amide bonds. The molecular formula is C31H30ClN3O6. The van der Waals surface area contributed by atoms with Gasteiger partial charge in [-0.05, 0) is 48.6 Å². The summed E-state index contributed by atoms with van der Waals surface area (Å²) in [5.74, 6) is 0.228. The number of ether oxygens (including phenoxy) is 3. The van der Waals surface area contributed by atoms with Crippen molar-refractivity contribution in [2.24, 2.45) is 0 Å². The fraction of sp³-hybridized carbons (Fsp3) is 0.323. The Balaban J connectivity index is 1.24. The number of aryl methyl sites for hydroxylation is 1. The van der Waals surface area contributed by atoms with Crippen molar-refractivity contribution in [2.75, 3.05) is 25.1 Å². The third kappa shape index (κ3) is 5.41. The zero-order valence-electron chi connectivity index (χ0n) is 22.6. The summed E-state index contributed by atoms with van der Waals surface area (Å²) in [6, 6.07) is 11.5. The van der Waals surface area contributed by atoms with Crippen molar-refractivity contribution in [3.8, 4) is 17.4 Å². The molecule has 0 saturated carbocycles. The molecule has 212 valence electrons. The summed E-state index contributed by atoms with van der Waals surface area (Å²) in [4.78, 5) is 31.2. The molecule has 0 spiro atoms. The van der Waals surface area contributed by atoms with Crippen LogP contribution in [0.4, 0.5) is 5.69 Å². The van der Waals surface area contributed by atoms with Gasteiger partial charge < -0.3 is 29.5 Å². The number of hydrogen-bond donors (Lipinski definition) is 2. The number of carboxylic acid groups (broad SMARTS) is 1. The number of amides is 1. The molecule has 2 atom stereocenters. The van der Waals surface area contributed by atoms with E-state index in [9.17, 15) is 9.59 Å². The Labute approximate surface area is 242 Å². The molecule has 1 saturated heterocycles. The van der Waals surface area contributed by atoms with Crippen molar-refractivity contribution in [1.29, 1.82) is 0 Å². The Morgan fingerprint density at radius 2 is 2.12 bits per heavy atom. The van der Waals surface area contributed by atoms with Crippen LogP contribution in [-0.4, -0.2) is 58.8 Å². The van der Waals surface area contributed by atoms with Crippen molar-refractivity contribution in [1.82, 2.24) is 9.88 Å². The Morgan fingerprint density at radius 1 is 1.29 bits per heavy atom. The van der Waals surface area contributed by atoms with Crippen molar-refractivity contribution >= 4 is 35.2 Å². The summed E-state index contributed by atoms with van der Waals surface area (Å²) in [6.07, 6.45) is 5.99. The summed E-state index contributed by atoms with van der Waals surface area (Å²) in [5.41, 5.74) is 4.69. The van der Waals surface area contributed by atoms with Gasteiger partial charge >= 0.3 is 5.97 Å². The minimum atomic E-state index is -1.08. The summed E-state index contributed by atoms with van der Waals surface area (Å²) in [6.45, 7) is 3.77. The van der Waals surface area contributed by atoms with Gasteiger partial charge in [0.05, 0.1) is 24.9 Å². The second kappa shape index (κ2) is 11.3. The van der Waals surface area contributed by atoms with Gasteiger partial charge in [-0.3, -0.25) is 4.79 Å². The molecule has 0 radical (unpaired) electrons. The van der Waals surface area contributed by atoms with Gasteiger partial charge in [-0.15, -0.1) is 0 Å². The van der Waals surface area contributed by atoms with Crippen molar-refractivity contribution in [2.45, 2.75) is 44.9 Å². The van der Waals surface area contributed by atoms with E-state index in [0.717, 1.165) is 35.6 Å². The highest BCUT2D eigenvalue weighted by Crippen LogP contribution is 2.42. The van der Waals surface area contributed by atoms with E-state index in [1.807, 2.05) is 43.3 Å².